The molecule has 0 radical (unpaired) electrons. The van der Waals surface area contributed by atoms with E-state index in [1.807, 2.05) is 12.1 Å². The van der Waals surface area contributed by atoms with E-state index in [9.17, 15) is 4.39 Å². The van der Waals surface area contributed by atoms with E-state index in [0.29, 0.717) is 21.4 Å². The number of nitrogens with zero attached hydrogens (tertiary/aromatic N) is 5. The van der Waals surface area contributed by atoms with E-state index in [2.05, 4.69) is 36.2 Å². The summed E-state index contributed by atoms with van der Waals surface area (Å²) in [4.78, 5) is 4.59. The summed E-state index contributed by atoms with van der Waals surface area (Å²) in [5, 5.41) is 13.2. The molecule has 0 aliphatic carbocycles. The fourth-order valence-corrected chi connectivity index (χ4v) is 3.29. The number of aromatic nitrogens is 5. The highest BCUT2D eigenvalue weighted by atomic mass is 79.9. The third-order valence-electron chi connectivity index (χ3n) is 3.09. The summed E-state index contributed by atoms with van der Waals surface area (Å²) in [5.74, 6) is 0.286. The highest BCUT2D eigenvalue weighted by Gasteiger charge is 2.16. The summed E-state index contributed by atoms with van der Waals surface area (Å²) >= 11 is 4.64. The van der Waals surface area contributed by atoms with Crippen molar-refractivity contribution >= 4 is 32.2 Å². The fraction of sp³-hybridized carbons (Fsp3) is 0. The van der Waals surface area contributed by atoms with Crippen LogP contribution in [0.2, 0.25) is 0 Å². The van der Waals surface area contributed by atoms with Gasteiger partial charge in [-0.3, -0.25) is 4.98 Å². The molecule has 0 amide bonds. The van der Waals surface area contributed by atoms with E-state index < -0.39 is 0 Å². The van der Waals surface area contributed by atoms with Gasteiger partial charge in [0.15, 0.2) is 10.8 Å². The van der Waals surface area contributed by atoms with Gasteiger partial charge in [0.05, 0.1) is 0 Å². The van der Waals surface area contributed by atoms with E-state index in [4.69, 9.17) is 0 Å². The third-order valence-corrected chi connectivity index (χ3v) is 4.51. The molecule has 3 heterocycles. The molecule has 108 valence electrons. The van der Waals surface area contributed by atoms with Crippen LogP contribution in [-0.4, -0.2) is 24.8 Å². The Balaban J connectivity index is 1.89. The second-order valence-corrected chi connectivity index (χ2v) is 6.36. The molecule has 4 rings (SSSR count). The molecule has 1 aromatic carbocycles. The number of hydrogen-bond acceptors (Lipinski definition) is 5. The summed E-state index contributed by atoms with van der Waals surface area (Å²) < 4.78 is 16.4. The minimum absolute atomic E-state index is 0.321. The largest absolute Gasteiger partial charge is 0.265 e. The molecule has 8 heteroatoms. The Morgan fingerprint density at radius 3 is 2.73 bits per heavy atom. The predicted octanol–water partition coefficient (Wildman–Crippen LogP) is 3.82. The lowest BCUT2D eigenvalue weighted by molar-refractivity contribution is 0.630. The Labute approximate surface area is 136 Å². The van der Waals surface area contributed by atoms with Gasteiger partial charge in [0.25, 0.3) is 0 Å². The van der Waals surface area contributed by atoms with Gasteiger partial charge >= 0.3 is 0 Å². The topological polar surface area (TPSA) is 56.0 Å². The maximum absolute atomic E-state index is 14.0. The predicted molar refractivity (Wildman–Crippen MR) is 85.0 cm³/mol. The summed E-state index contributed by atoms with van der Waals surface area (Å²) in [7, 11) is 0. The standard InChI is InChI=1S/C14H7BrFN5S/c15-9-1-2-11(16)10(7-9)13-20-21-12(18-19-14(21)22-13)8-3-5-17-6-4-8/h1-7H. The first kappa shape index (κ1) is 13.5. The van der Waals surface area contributed by atoms with Crippen molar-refractivity contribution in [3.05, 3.63) is 53.0 Å². The van der Waals surface area contributed by atoms with Crippen LogP contribution >= 0.6 is 27.3 Å². The Hall–Kier alpha value is -2.19. The summed E-state index contributed by atoms with van der Waals surface area (Å²) in [6.45, 7) is 0. The van der Waals surface area contributed by atoms with Crippen LogP contribution in [0.3, 0.4) is 0 Å². The molecule has 0 fully saturated rings. The Bertz CT molecular complexity index is 966. The highest BCUT2D eigenvalue weighted by Crippen LogP contribution is 2.31. The number of halogens is 2. The molecule has 0 N–H and O–H groups in total. The monoisotopic (exact) mass is 375 g/mol. The van der Waals surface area contributed by atoms with Crippen LogP contribution in [0.25, 0.3) is 26.9 Å². The maximum atomic E-state index is 14.0. The molecular formula is C14H7BrFN5S. The van der Waals surface area contributed by atoms with Gasteiger partial charge < -0.3 is 0 Å². The van der Waals surface area contributed by atoms with Gasteiger partial charge in [-0.1, -0.05) is 27.3 Å². The van der Waals surface area contributed by atoms with Crippen molar-refractivity contribution < 1.29 is 4.39 Å². The van der Waals surface area contributed by atoms with Crippen molar-refractivity contribution in [1.82, 2.24) is 24.8 Å². The van der Waals surface area contributed by atoms with Crippen LogP contribution in [0.1, 0.15) is 0 Å². The molecule has 0 unspecified atom stereocenters. The Kier molecular flexibility index (Phi) is 3.20. The van der Waals surface area contributed by atoms with E-state index in [-0.39, 0.29) is 5.82 Å². The molecule has 0 aliphatic rings. The van der Waals surface area contributed by atoms with Crippen LogP contribution in [0.4, 0.5) is 4.39 Å². The maximum Gasteiger partial charge on any atom is 0.235 e. The van der Waals surface area contributed by atoms with Crippen molar-refractivity contribution in [2.75, 3.05) is 0 Å². The number of fused-ring (bicyclic) bond motifs is 1. The first-order valence-electron chi connectivity index (χ1n) is 6.30. The average molecular weight is 376 g/mol. The van der Waals surface area contributed by atoms with Crippen LogP contribution in [-0.2, 0) is 0 Å². The highest BCUT2D eigenvalue weighted by molar-refractivity contribution is 9.10. The lowest BCUT2D eigenvalue weighted by Gasteiger charge is -1.99. The SMILES string of the molecule is Fc1ccc(Br)cc1-c1nn2c(-c3ccncc3)nnc2s1. The lowest BCUT2D eigenvalue weighted by Crippen LogP contribution is -1.92. The van der Waals surface area contributed by atoms with Crippen molar-refractivity contribution in [2.45, 2.75) is 0 Å². The summed E-state index contributed by atoms with van der Waals surface area (Å²) in [6, 6.07) is 8.42. The molecule has 4 aromatic rings. The molecule has 22 heavy (non-hydrogen) atoms. The van der Waals surface area contributed by atoms with Crippen LogP contribution in [0, 0.1) is 5.82 Å². The molecule has 0 atom stereocenters. The minimum atomic E-state index is -0.321. The quantitative estimate of drug-likeness (QED) is 0.534. The van der Waals surface area contributed by atoms with E-state index in [1.165, 1.54) is 17.4 Å². The zero-order chi connectivity index (χ0) is 15.1. The zero-order valence-corrected chi connectivity index (χ0v) is 13.3. The van der Waals surface area contributed by atoms with Crippen molar-refractivity contribution in [3.63, 3.8) is 0 Å². The van der Waals surface area contributed by atoms with Gasteiger partial charge in [-0.05, 0) is 30.3 Å². The van der Waals surface area contributed by atoms with Crippen LogP contribution in [0.5, 0.6) is 0 Å². The normalized spacial score (nSPS) is 11.2. The Morgan fingerprint density at radius 1 is 1.09 bits per heavy atom. The van der Waals surface area contributed by atoms with Crippen molar-refractivity contribution in [2.24, 2.45) is 0 Å². The lowest BCUT2D eigenvalue weighted by atomic mass is 10.2. The van der Waals surface area contributed by atoms with Crippen molar-refractivity contribution in [1.29, 1.82) is 0 Å². The molecule has 0 saturated heterocycles. The third kappa shape index (κ3) is 2.20. The molecular weight excluding hydrogens is 369 g/mol. The zero-order valence-electron chi connectivity index (χ0n) is 10.9. The number of hydrogen-bond donors (Lipinski definition) is 0. The number of pyridine rings is 1. The Morgan fingerprint density at radius 2 is 1.91 bits per heavy atom. The second kappa shape index (κ2) is 5.22. The molecule has 0 bridgehead atoms. The van der Waals surface area contributed by atoms with E-state index in [1.54, 1.807) is 29.0 Å². The van der Waals surface area contributed by atoms with Crippen LogP contribution < -0.4 is 0 Å². The first-order chi connectivity index (χ1) is 10.7. The molecule has 0 spiro atoms. The van der Waals surface area contributed by atoms with E-state index in [0.717, 1.165) is 10.0 Å². The molecule has 5 nitrogen and oxygen atoms in total. The first-order valence-corrected chi connectivity index (χ1v) is 7.91. The molecule has 0 aliphatic heterocycles. The van der Waals surface area contributed by atoms with Gasteiger partial charge in [0.1, 0.15) is 5.82 Å². The van der Waals surface area contributed by atoms with Gasteiger partial charge in [-0.15, -0.1) is 10.2 Å². The molecule has 0 saturated carbocycles. The molecule has 3 aromatic heterocycles. The summed E-state index contributed by atoms with van der Waals surface area (Å²) in [5.41, 5.74) is 1.29. The van der Waals surface area contributed by atoms with Gasteiger partial charge in [-0.2, -0.15) is 9.61 Å². The number of rotatable bonds is 2. The minimum Gasteiger partial charge on any atom is -0.265 e. The number of benzene rings is 1. The summed E-state index contributed by atoms with van der Waals surface area (Å²) in [6.07, 6.45) is 3.36. The van der Waals surface area contributed by atoms with Gasteiger partial charge in [0, 0.05) is 28.0 Å². The van der Waals surface area contributed by atoms with Gasteiger partial charge in [-0.25, -0.2) is 4.39 Å². The average Bonchev–Trinajstić information content (AvgIpc) is 3.10. The fourth-order valence-electron chi connectivity index (χ4n) is 2.07. The van der Waals surface area contributed by atoms with Gasteiger partial charge in [0.2, 0.25) is 4.96 Å². The smallest absolute Gasteiger partial charge is 0.235 e. The van der Waals surface area contributed by atoms with Crippen molar-refractivity contribution in [3.8, 4) is 22.0 Å². The van der Waals surface area contributed by atoms with E-state index >= 15 is 0 Å². The second-order valence-electron chi connectivity index (χ2n) is 4.49. The van der Waals surface area contributed by atoms with Crippen LogP contribution in [0.15, 0.2) is 47.2 Å².